The minimum atomic E-state index is -0.187. The van der Waals surface area contributed by atoms with Gasteiger partial charge in [0.25, 0.3) is 0 Å². The standard InChI is InChI=1S/C12H17N3O2S/c1-2-15-6-9(5-11(15)16)12(17)13-4-3-10-7-18-8-14-10/h7-9H,2-6H2,1H3,(H,13,17)/t9-/m0/s1. The first kappa shape index (κ1) is 13.0. The van der Waals surface area contributed by atoms with Crippen LogP contribution in [0.3, 0.4) is 0 Å². The molecule has 0 unspecified atom stereocenters. The van der Waals surface area contributed by atoms with Gasteiger partial charge in [0.05, 0.1) is 17.1 Å². The summed E-state index contributed by atoms with van der Waals surface area (Å²) in [5, 5.41) is 4.85. The molecule has 1 aromatic heterocycles. The summed E-state index contributed by atoms with van der Waals surface area (Å²) in [6, 6.07) is 0. The third-order valence-corrected chi connectivity index (χ3v) is 3.77. The summed E-state index contributed by atoms with van der Waals surface area (Å²) in [5.74, 6) is -0.125. The predicted octanol–water partition coefficient (Wildman–Crippen LogP) is 0.670. The van der Waals surface area contributed by atoms with E-state index < -0.39 is 0 Å². The first-order valence-electron chi connectivity index (χ1n) is 6.13. The number of nitrogens with one attached hydrogen (secondary N) is 1. The fourth-order valence-electron chi connectivity index (χ4n) is 2.07. The zero-order chi connectivity index (χ0) is 13.0. The highest BCUT2D eigenvalue weighted by Gasteiger charge is 2.32. The van der Waals surface area contributed by atoms with Crippen molar-refractivity contribution in [3.05, 3.63) is 16.6 Å². The Morgan fingerprint density at radius 1 is 1.67 bits per heavy atom. The second kappa shape index (κ2) is 5.95. The smallest absolute Gasteiger partial charge is 0.225 e. The molecule has 1 aliphatic heterocycles. The van der Waals surface area contributed by atoms with Gasteiger partial charge < -0.3 is 10.2 Å². The van der Waals surface area contributed by atoms with Crippen molar-refractivity contribution in [3.63, 3.8) is 0 Å². The topological polar surface area (TPSA) is 62.3 Å². The Labute approximate surface area is 110 Å². The van der Waals surface area contributed by atoms with Gasteiger partial charge in [-0.05, 0) is 6.92 Å². The van der Waals surface area contributed by atoms with Gasteiger partial charge in [-0.15, -0.1) is 11.3 Å². The number of thiazole rings is 1. The molecule has 2 heterocycles. The largest absolute Gasteiger partial charge is 0.355 e. The molecule has 0 bridgehead atoms. The number of carbonyl (C=O) groups excluding carboxylic acids is 2. The van der Waals surface area contributed by atoms with Gasteiger partial charge in [0.1, 0.15) is 0 Å². The molecule has 1 aliphatic rings. The van der Waals surface area contributed by atoms with Crippen LogP contribution >= 0.6 is 11.3 Å². The van der Waals surface area contributed by atoms with Crippen molar-refractivity contribution >= 4 is 23.2 Å². The maximum Gasteiger partial charge on any atom is 0.225 e. The third-order valence-electron chi connectivity index (χ3n) is 3.13. The second-order valence-corrected chi connectivity index (χ2v) is 5.07. The fourth-order valence-corrected chi connectivity index (χ4v) is 2.67. The van der Waals surface area contributed by atoms with Gasteiger partial charge in [-0.25, -0.2) is 4.98 Å². The molecule has 0 spiro atoms. The van der Waals surface area contributed by atoms with Crippen molar-refractivity contribution in [1.82, 2.24) is 15.2 Å². The second-order valence-electron chi connectivity index (χ2n) is 4.35. The van der Waals surface area contributed by atoms with Gasteiger partial charge in [0.15, 0.2) is 0 Å². The first-order valence-corrected chi connectivity index (χ1v) is 7.07. The Morgan fingerprint density at radius 2 is 2.50 bits per heavy atom. The van der Waals surface area contributed by atoms with Crippen molar-refractivity contribution < 1.29 is 9.59 Å². The lowest BCUT2D eigenvalue weighted by Gasteiger charge is -2.13. The maximum absolute atomic E-state index is 11.9. The van der Waals surface area contributed by atoms with Crippen LogP contribution in [0.2, 0.25) is 0 Å². The zero-order valence-electron chi connectivity index (χ0n) is 10.4. The van der Waals surface area contributed by atoms with Crippen LogP contribution in [0.15, 0.2) is 10.9 Å². The maximum atomic E-state index is 11.9. The average molecular weight is 267 g/mol. The summed E-state index contributed by atoms with van der Waals surface area (Å²) in [5.41, 5.74) is 2.78. The lowest BCUT2D eigenvalue weighted by molar-refractivity contribution is -0.128. The van der Waals surface area contributed by atoms with E-state index in [1.54, 1.807) is 21.7 Å². The van der Waals surface area contributed by atoms with Crippen LogP contribution in [-0.4, -0.2) is 41.3 Å². The highest BCUT2D eigenvalue weighted by atomic mass is 32.1. The lowest BCUT2D eigenvalue weighted by atomic mass is 10.1. The van der Waals surface area contributed by atoms with E-state index in [0.717, 1.165) is 12.1 Å². The fraction of sp³-hybridized carbons (Fsp3) is 0.583. The monoisotopic (exact) mass is 267 g/mol. The summed E-state index contributed by atoms with van der Waals surface area (Å²) >= 11 is 1.55. The van der Waals surface area contributed by atoms with Gasteiger partial charge in [-0.1, -0.05) is 0 Å². The SMILES string of the molecule is CCN1C[C@@H](C(=O)NCCc2cscn2)CC1=O. The van der Waals surface area contributed by atoms with E-state index in [9.17, 15) is 9.59 Å². The normalized spacial score (nSPS) is 19.3. The van der Waals surface area contributed by atoms with Crippen LogP contribution in [0, 0.1) is 5.92 Å². The molecule has 1 saturated heterocycles. The summed E-state index contributed by atoms with van der Waals surface area (Å²) in [6.07, 6.45) is 1.09. The summed E-state index contributed by atoms with van der Waals surface area (Å²) in [6.45, 7) is 3.75. The Balaban J connectivity index is 1.74. The number of likely N-dealkylation sites (tertiary alicyclic amines) is 1. The van der Waals surface area contributed by atoms with E-state index in [-0.39, 0.29) is 17.7 Å². The number of nitrogens with zero attached hydrogens (tertiary/aromatic N) is 2. The molecular formula is C12H17N3O2S. The number of rotatable bonds is 5. The Bertz CT molecular complexity index is 419. The molecule has 0 aromatic carbocycles. The van der Waals surface area contributed by atoms with E-state index in [0.29, 0.717) is 26.1 Å². The van der Waals surface area contributed by atoms with Crippen LogP contribution in [0.5, 0.6) is 0 Å². The molecule has 2 amide bonds. The Kier molecular flexibility index (Phi) is 4.30. The van der Waals surface area contributed by atoms with E-state index >= 15 is 0 Å². The molecule has 1 atom stereocenters. The molecular weight excluding hydrogens is 250 g/mol. The van der Waals surface area contributed by atoms with Crippen molar-refractivity contribution in [1.29, 1.82) is 0 Å². The minimum absolute atomic E-state index is 0.0190. The van der Waals surface area contributed by atoms with Crippen molar-refractivity contribution in [2.24, 2.45) is 5.92 Å². The quantitative estimate of drug-likeness (QED) is 0.853. The highest BCUT2D eigenvalue weighted by molar-refractivity contribution is 7.07. The van der Waals surface area contributed by atoms with Gasteiger partial charge >= 0.3 is 0 Å². The van der Waals surface area contributed by atoms with Crippen LogP contribution < -0.4 is 5.32 Å². The van der Waals surface area contributed by atoms with Gasteiger partial charge in [0.2, 0.25) is 11.8 Å². The van der Waals surface area contributed by atoms with Crippen molar-refractivity contribution in [3.8, 4) is 0 Å². The molecule has 5 nitrogen and oxygen atoms in total. The molecule has 2 rings (SSSR count). The average Bonchev–Trinajstić information content (AvgIpc) is 2.98. The number of amides is 2. The van der Waals surface area contributed by atoms with Crippen molar-refractivity contribution in [2.45, 2.75) is 19.8 Å². The van der Waals surface area contributed by atoms with Crippen LogP contribution in [0.25, 0.3) is 0 Å². The summed E-state index contributed by atoms with van der Waals surface area (Å²) in [4.78, 5) is 29.3. The first-order chi connectivity index (χ1) is 8.70. The molecule has 6 heteroatoms. The van der Waals surface area contributed by atoms with E-state index in [1.807, 2.05) is 12.3 Å². The summed E-state index contributed by atoms with van der Waals surface area (Å²) in [7, 11) is 0. The summed E-state index contributed by atoms with van der Waals surface area (Å²) < 4.78 is 0. The molecule has 1 fully saturated rings. The Hall–Kier alpha value is -1.43. The van der Waals surface area contributed by atoms with Crippen molar-refractivity contribution in [2.75, 3.05) is 19.6 Å². The Morgan fingerprint density at radius 3 is 3.11 bits per heavy atom. The van der Waals surface area contributed by atoms with Gasteiger partial charge in [-0.2, -0.15) is 0 Å². The van der Waals surface area contributed by atoms with Crippen LogP contribution in [0.4, 0.5) is 0 Å². The number of hydrogen-bond donors (Lipinski definition) is 1. The molecule has 98 valence electrons. The molecule has 0 radical (unpaired) electrons. The number of hydrogen-bond acceptors (Lipinski definition) is 4. The van der Waals surface area contributed by atoms with Gasteiger partial charge in [0, 0.05) is 37.9 Å². The minimum Gasteiger partial charge on any atom is -0.355 e. The van der Waals surface area contributed by atoms with Crippen LogP contribution in [-0.2, 0) is 16.0 Å². The molecule has 1 N–H and O–H groups in total. The van der Waals surface area contributed by atoms with E-state index in [4.69, 9.17) is 0 Å². The van der Waals surface area contributed by atoms with Gasteiger partial charge in [-0.3, -0.25) is 9.59 Å². The molecule has 18 heavy (non-hydrogen) atoms. The van der Waals surface area contributed by atoms with Crippen LogP contribution in [0.1, 0.15) is 19.0 Å². The molecule has 1 aromatic rings. The van der Waals surface area contributed by atoms with E-state index in [1.165, 1.54) is 0 Å². The predicted molar refractivity (Wildman–Crippen MR) is 69.2 cm³/mol. The lowest BCUT2D eigenvalue weighted by Crippen LogP contribution is -2.34. The third kappa shape index (κ3) is 3.07. The number of aromatic nitrogens is 1. The number of carbonyl (C=O) groups is 2. The highest BCUT2D eigenvalue weighted by Crippen LogP contribution is 2.17. The molecule has 0 aliphatic carbocycles. The van der Waals surface area contributed by atoms with E-state index in [2.05, 4.69) is 10.3 Å². The zero-order valence-corrected chi connectivity index (χ0v) is 11.2. The molecule has 0 saturated carbocycles.